The first kappa shape index (κ1) is 14.9. The molecule has 0 spiro atoms. The molecular weight excluding hydrogens is 288 g/mol. The molecule has 0 bridgehead atoms. The number of carboxylic acid groups (broad SMARTS) is 1. The molecule has 3 rings (SSSR count). The third-order valence-electron chi connectivity index (χ3n) is 4.53. The molecule has 1 aromatic heterocycles. The van der Waals surface area contributed by atoms with Gasteiger partial charge in [0, 0.05) is 11.8 Å². The lowest BCUT2D eigenvalue weighted by Crippen LogP contribution is -2.55. The minimum Gasteiger partial charge on any atom is -0.480 e. The fourth-order valence-corrected chi connectivity index (χ4v) is 4.18. The predicted octanol–water partition coefficient (Wildman–Crippen LogP) is 2.84. The first-order valence-corrected chi connectivity index (χ1v) is 8.65. The van der Waals surface area contributed by atoms with Crippen molar-refractivity contribution in [2.45, 2.75) is 62.3 Å². The number of hydrogen-bond donors (Lipinski definition) is 2. The Kier molecular flexibility index (Phi) is 4.26. The Morgan fingerprint density at radius 3 is 3.00 bits per heavy atom. The highest BCUT2D eigenvalue weighted by Crippen LogP contribution is 2.41. The van der Waals surface area contributed by atoms with Gasteiger partial charge in [0.2, 0.25) is 0 Å². The van der Waals surface area contributed by atoms with Gasteiger partial charge in [-0.3, -0.25) is 10.1 Å². The molecule has 2 N–H and O–H groups in total. The molecule has 2 fully saturated rings. The van der Waals surface area contributed by atoms with Crippen molar-refractivity contribution in [3.05, 3.63) is 12.0 Å². The third-order valence-corrected chi connectivity index (χ3v) is 5.41. The molecule has 5 nitrogen and oxygen atoms in total. The Morgan fingerprint density at radius 2 is 2.38 bits per heavy atom. The van der Waals surface area contributed by atoms with Crippen LogP contribution < -0.4 is 5.32 Å². The van der Waals surface area contributed by atoms with Crippen molar-refractivity contribution in [2.24, 2.45) is 5.92 Å². The Balaban J connectivity index is 1.58. The molecule has 2 unspecified atom stereocenters. The zero-order valence-corrected chi connectivity index (χ0v) is 13.1. The van der Waals surface area contributed by atoms with Crippen molar-refractivity contribution < 1.29 is 14.3 Å². The number of nitrogens with one attached hydrogen (secondary N) is 1. The maximum absolute atomic E-state index is 11.8. The van der Waals surface area contributed by atoms with E-state index in [0.717, 1.165) is 50.0 Å². The summed E-state index contributed by atoms with van der Waals surface area (Å²) in [6, 6.07) is 0.420. The topological polar surface area (TPSA) is 75.4 Å². The van der Waals surface area contributed by atoms with Gasteiger partial charge in [0.25, 0.3) is 5.22 Å². The van der Waals surface area contributed by atoms with Crippen LogP contribution in [0.1, 0.15) is 44.2 Å². The van der Waals surface area contributed by atoms with Crippen molar-refractivity contribution in [1.82, 2.24) is 10.3 Å². The summed E-state index contributed by atoms with van der Waals surface area (Å²) in [4.78, 5) is 16.1. The lowest BCUT2D eigenvalue weighted by atomic mass is 9.85. The van der Waals surface area contributed by atoms with Crippen molar-refractivity contribution in [3.8, 4) is 0 Å². The fraction of sp³-hybridized carbons (Fsp3) is 0.733. The lowest BCUT2D eigenvalue weighted by molar-refractivity contribution is -0.146. The molecule has 2 saturated carbocycles. The third kappa shape index (κ3) is 3.26. The largest absolute Gasteiger partial charge is 0.480 e. The smallest absolute Gasteiger partial charge is 0.324 e. The van der Waals surface area contributed by atoms with E-state index in [4.69, 9.17) is 4.42 Å². The Labute approximate surface area is 128 Å². The van der Waals surface area contributed by atoms with Crippen LogP contribution in [0.2, 0.25) is 0 Å². The molecule has 0 radical (unpaired) electrons. The summed E-state index contributed by atoms with van der Waals surface area (Å²) < 4.78 is 5.32. The molecule has 1 aromatic rings. The first-order chi connectivity index (χ1) is 10.1. The van der Waals surface area contributed by atoms with Crippen molar-refractivity contribution in [3.63, 3.8) is 0 Å². The average molecular weight is 310 g/mol. The van der Waals surface area contributed by atoms with Gasteiger partial charge in [-0.2, -0.15) is 0 Å². The second-order valence-electron chi connectivity index (χ2n) is 6.18. The van der Waals surface area contributed by atoms with E-state index in [0.29, 0.717) is 11.3 Å². The van der Waals surface area contributed by atoms with E-state index in [1.54, 1.807) is 18.0 Å². The lowest BCUT2D eigenvalue weighted by Gasteiger charge is -2.32. The van der Waals surface area contributed by atoms with Crippen molar-refractivity contribution in [1.29, 1.82) is 0 Å². The minimum atomic E-state index is -0.700. The van der Waals surface area contributed by atoms with Gasteiger partial charge in [0.1, 0.15) is 11.8 Å². The molecule has 116 valence electrons. The van der Waals surface area contributed by atoms with Crippen LogP contribution in [0.25, 0.3) is 0 Å². The molecule has 0 amide bonds. The van der Waals surface area contributed by atoms with Crippen LogP contribution in [0.15, 0.2) is 15.9 Å². The minimum absolute atomic E-state index is 0.208. The van der Waals surface area contributed by atoms with Crippen LogP contribution >= 0.6 is 11.8 Å². The number of hydrogen-bond acceptors (Lipinski definition) is 5. The summed E-state index contributed by atoms with van der Waals surface area (Å²) in [6.07, 6.45) is 7.52. The summed E-state index contributed by atoms with van der Waals surface area (Å²) in [5, 5.41) is 13.8. The highest BCUT2D eigenvalue weighted by atomic mass is 32.2. The molecule has 0 aromatic carbocycles. The molecule has 6 heteroatoms. The standard InChI is InChI=1S/C15H22N2O3S/c1-10-9-20-14(16-10)21-8-6-11-3-2-7-15(11,13(18)19)17-12-4-5-12/h9,11-12,17H,2-8H2,1H3,(H,18,19). The van der Waals surface area contributed by atoms with Crippen LogP contribution in [0, 0.1) is 12.8 Å². The molecule has 1 heterocycles. The number of oxazole rings is 1. The van der Waals surface area contributed by atoms with Crippen LogP contribution in [0.4, 0.5) is 0 Å². The number of aryl methyl sites for hydroxylation is 1. The SMILES string of the molecule is Cc1coc(SCCC2CCCC2(NC2CC2)C(=O)O)n1. The van der Waals surface area contributed by atoms with E-state index in [9.17, 15) is 9.90 Å². The van der Waals surface area contributed by atoms with E-state index in [1.807, 2.05) is 6.92 Å². The highest BCUT2D eigenvalue weighted by molar-refractivity contribution is 7.99. The van der Waals surface area contributed by atoms with E-state index < -0.39 is 11.5 Å². The highest BCUT2D eigenvalue weighted by Gasteiger charge is 2.50. The van der Waals surface area contributed by atoms with Gasteiger partial charge in [-0.25, -0.2) is 4.98 Å². The molecule has 2 atom stereocenters. The fourth-order valence-electron chi connectivity index (χ4n) is 3.28. The number of thioether (sulfide) groups is 1. The average Bonchev–Trinajstić information content (AvgIpc) is 3.00. The quantitative estimate of drug-likeness (QED) is 0.754. The second kappa shape index (κ2) is 6.01. The predicted molar refractivity (Wildman–Crippen MR) is 80.4 cm³/mol. The summed E-state index contributed by atoms with van der Waals surface area (Å²) in [6.45, 7) is 1.90. The molecular formula is C15H22N2O3S. The zero-order chi connectivity index (χ0) is 14.9. The van der Waals surface area contributed by atoms with Crippen molar-refractivity contribution in [2.75, 3.05) is 5.75 Å². The zero-order valence-electron chi connectivity index (χ0n) is 12.3. The molecule has 2 aliphatic carbocycles. The number of aliphatic carboxylic acids is 1. The van der Waals surface area contributed by atoms with Crippen LogP contribution in [0.5, 0.6) is 0 Å². The van der Waals surface area contributed by atoms with Crippen LogP contribution in [-0.4, -0.2) is 33.4 Å². The van der Waals surface area contributed by atoms with Gasteiger partial charge in [-0.05, 0) is 44.9 Å². The van der Waals surface area contributed by atoms with Gasteiger partial charge >= 0.3 is 5.97 Å². The normalized spacial score (nSPS) is 28.9. The van der Waals surface area contributed by atoms with Gasteiger partial charge in [-0.15, -0.1) is 0 Å². The van der Waals surface area contributed by atoms with Gasteiger partial charge in [-0.1, -0.05) is 18.2 Å². The molecule has 0 aliphatic heterocycles. The monoisotopic (exact) mass is 310 g/mol. The van der Waals surface area contributed by atoms with Crippen LogP contribution in [0.3, 0.4) is 0 Å². The second-order valence-corrected chi connectivity index (χ2v) is 7.22. The summed E-state index contributed by atoms with van der Waals surface area (Å²) in [5.41, 5.74) is 0.183. The number of carbonyl (C=O) groups is 1. The summed E-state index contributed by atoms with van der Waals surface area (Å²) in [5.74, 6) is 0.388. The van der Waals surface area contributed by atoms with Gasteiger partial charge in [0.05, 0.1) is 5.69 Å². The van der Waals surface area contributed by atoms with E-state index in [1.165, 1.54) is 0 Å². The van der Waals surface area contributed by atoms with E-state index >= 15 is 0 Å². The van der Waals surface area contributed by atoms with E-state index in [2.05, 4.69) is 10.3 Å². The summed E-state index contributed by atoms with van der Waals surface area (Å²) in [7, 11) is 0. The van der Waals surface area contributed by atoms with Crippen LogP contribution in [-0.2, 0) is 4.79 Å². The molecule has 21 heavy (non-hydrogen) atoms. The van der Waals surface area contributed by atoms with Gasteiger partial charge in [0.15, 0.2) is 0 Å². The number of carboxylic acids is 1. The Morgan fingerprint density at radius 1 is 1.57 bits per heavy atom. The molecule has 0 saturated heterocycles. The molecule has 2 aliphatic rings. The first-order valence-electron chi connectivity index (χ1n) is 7.66. The maximum Gasteiger partial charge on any atom is 0.324 e. The Hall–Kier alpha value is -1.01. The maximum atomic E-state index is 11.8. The van der Waals surface area contributed by atoms with E-state index in [-0.39, 0.29) is 5.92 Å². The summed E-state index contributed by atoms with van der Waals surface area (Å²) >= 11 is 1.58. The number of rotatable bonds is 7. The number of aromatic nitrogens is 1. The van der Waals surface area contributed by atoms with Crippen molar-refractivity contribution >= 4 is 17.7 Å². The van der Waals surface area contributed by atoms with Gasteiger partial charge < -0.3 is 9.52 Å². The number of nitrogens with zero attached hydrogens (tertiary/aromatic N) is 1. The Bertz CT molecular complexity index is 515.